The molecule has 0 aromatic rings. The fourth-order valence-corrected chi connectivity index (χ4v) is 7.20. The first-order chi connectivity index (χ1) is 3.63. The van der Waals surface area contributed by atoms with Crippen molar-refractivity contribution >= 4 is 29.3 Å². The van der Waals surface area contributed by atoms with Gasteiger partial charge in [0.05, 0.1) is 0 Å². The van der Waals surface area contributed by atoms with Gasteiger partial charge in [-0.1, -0.05) is 0 Å². The van der Waals surface area contributed by atoms with Gasteiger partial charge in [0.2, 0.25) is 0 Å². The van der Waals surface area contributed by atoms with E-state index in [9.17, 15) is 0 Å². The van der Waals surface area contributed by atoms with Crippen LogP contribution in [0.3, 0.4) is 0 Å². The van der Waals surface area contributed by atoms with Gasteiger partial charge in [0.25, 0.3) is 0 Å². The van der Waals surface area contributed by atoms with Crippen molar-refractivity contribution in [2.24, 2.45) is 0 Å². The quantitative estimate of drug-likeness (QED) is 0.644. The van der Waals surface area contributed by atoms with E-state index in [2.05, 4.69) is 32.6 Å². The van der Waals surface area contributed by atoms with Gasteiger partial charge >= 0.3 is 61.9 Å². The van der Waals surface area contributed by atoms with Gasteiger partial charge in [0, 0.05) is 0 Å². The van der Waals surface area contributed by atoms with Crippen molar-refractivity contribution < 1.29 is 0 Å². The molecule has 2 heteroatoms. The first kappa shape index (κ1) is 8.86. The van der Waals surface area contributed by atoms with E-state index in [4.69, 9.17) is 0 Å². The monoisotopic (exact) mass is 236 g/mol. The van der Waals surface area contributed by atoms with E-state index in [1.807, 2.05) is 0 Å². The number of hydrogen-bond acceptors (Lipinski definition) is 0. The van der Waals surface area contributed by atoms with Crippen LogP contribution in [0.2, 0.25) is 22.8 Å². The molecule has 0 atom stereocenters. The summed E-state index contributed by atoms with van der Waals surface area (Å²) in [5, 5.41) is 0. The maximum atomic E-state index is 2.45. The average Bonchev–Trinajstić information content (AvgIpc) is 1.61. The van der Waals surface area contributed by atoms with Gasteiger partial charge in [-0.3, -0.25) is 0 Å². The standard InChI is InChI=1S/C6H14As2/c1-7(2)5-6-8(3)4/h5-6H,1-4H3/b6-5+. The fourth-order valence-electron chi connectivity index (χ4n) is 0.267. The Morgan fingerprint density at radius 1 is 0.750 bits per heavy atom. The molecule has 0 N–H and O–H groups in total. The second-order valence-corrected chi connectivity index (χ2v) is 11.6. The van der Waals surface area contributed by atoms with Crippen LogP contribution in [0.5, 0.6) is 0 Å². The van der Waals surface area contributed by atoms with E-state index in [1.165, 1.54) is 0 Å². The van der Waals surface area contributed by atoms with Crippen LogP contribution in [0.1, 0.15) is 0 Å². The van der Waals surface area contributed by atoms with Crippen molar-refractivity contribution in [2.45, 2.75) is 22.8 Å². The van der Waals surface area contributed by atoms with Crippen molar-refractivity contribution in [3.05, 3.63) is 9.73 Å². The van der Waals surface area contributed by atoms with Crippen LogP contribution < -0.4 is 0 Å². The minimum absolute atomic E-state index is 0.426. The Kier molecular flexibility index (Phi) is 5.21. The zero-order chi connectivity index (χ0) is 6.57. The molecule has 0 aliphatic heterocycles. The Hall–Kier alpha value is 0.857. The molecule has 0 nitrogen and oxygen atoms in total. The van der Waals surface area contributed by atoms with Crippen LogP contribution in [0.4, 0.5) is 0 Å². The third-order valence-electron chi connectivity index (χ3n) is 0.663. The second-order valence-electron chi connectivity index (χ2n) is 2.23. The summed E-state index contributed by atoms with van der Waals surface area (Å²) in [7, 11) is 0. The van der Waals surface area contributed by atoms with Gasteiger partial charge in [-0.05, 0) is 0 Å². The Balaban J connectivity index is 3.34. The van der Waals surface area contributed by atoms with E-state index in [-0.39, 0.29) is 0 Å². The van der Waals surface area contributed by atoms with Crippen LogP contribution in [-0.4, -0.2) is 29.3 Å². The summed E-state index contributed by atoms with van der Waals surface area (Å²) in [6.07, 6.45) is 0. The molecular weight excluding hydrogens is 222 g/mol. The predicted molar refractivity (Wildman–Crippen MR) is 44.1 cm³/mol. The van der Waals surface area contributed by atoms with Crippen molar-refractivity contribution in [2.75, 3.05) is 0 Å². The van der Waals surface area contributed by atoms with Crippen LogP contribution in [0.15, 0.2) is 9.73 Å². The van der Waals surface area contributed by atoms with E-state index in [1.54, 1.807) is 0 Å². The summed E-state index contributed by atoms with van der Waals surface area (Å²) in [6, 6.07) is 0. The van der Waals surface area contributed by atoms with Crippen molar-refractivity contribution in [3.63, 3.8) is 0 Å². The van der Waals surface area contributed by atoms with Gasteiger partial charge in [0.1, 0.15) is 0 Å². The molecule has 0 aliphatic carbocycles. The maximum absolute atomic E-state index is 2.45. The summed E-state index contributed by atoms with van der Waals surface area (Å²) < 4.78 is 0. The molecule has 0 spiro atoms. The number of hydrogen-bond donors (Lipinski definition) is 0. The molecule has 8 heavy (non-hydrogen) atoms. The summed E-state index contributed by atoms with van der Waals surface area (Å²) in [5.74, 6) is 0. The summed E-state index contributed by atoms with van der Waals surface area (Å²) >= 11 is -0.853. The van der Waals surface area contributed by atoms with Gasteiger partial charge in [-0.25, -0.2) is 0 Å². The van der Waals surface area contributed by atoms with E-state index in [0.29, 0.717) is 0 Å². The third-order valence-corrected chi connectivity index (χ3v) is 4.90. The van der Waals surface area contributed by atoms with E-state index >= 15 is 0 Å². The molecule has 0 aromatic heterocycles. The molecule has 0 aromatic carbocycles. The third kappa shape index (κ3) is 6.86. The average molecular weight is 236 g/mol. The Labute approximate surface area is 61.9 Å². The molecule has 0 saturated heterocycles. The molecule has 0 bridgehead atoms. The summed E-state index contributed by atoms with van der Waals surface area (Å²) in [4.78, 5) is 4.90. The first-order valence-electron chi connectivity index (χ1n) is 2.64. The van der Waals surface area contributed by atoms with Gasteiger partial charge < -0.3 is 0 Å². The van der Waals surface area contributed by atoms with Crippen molar-refractivity contribution in [1.29, 1.82) is 0 Å². The molecule has 0 aliphatic rings. The Morgan fingerprint density at radius 3 is 1.12 bits per heavy atom. The molecule has 0 radical (unpaired) electrons. The molecule has 0 rings (SSSR count). The Bertz CT molecular complexity index is 64.6. The molecule has 0 unspecified atom stereocenters. The van der Waals surface area contributed by atoms with Crippen LogP contribution in [0.25, 0.3) is 0 Å². The molecular formula is C6H14As2. The SMILES string of the molecule is C[As](C)/C=C/[As](C)C. The molecule has 0 amide bonds. The van der Waals surface area contributed by atoms with E-state index < -0.39 is 29.3 Å². The van der Waals surface area contributed by atoms with Gasteiger partial charge in [-0.15, -0.1) is 0 Å². The zero-order valence-corrected chi connectivity index (χ0v) is 9.80. The first-order valence-corrected chi connectivity index (χ1v) is 12.3. The topological polar surface area (TPSA) is 0 Å². The number of rotatable bonds is 2. The summed E-state index contributed by atoms with van der Waals surface area (Å²) in [5.41, 5.74) is 9.45. The molecule has 0 heterocycles. The fraction of sp³-hybridized carbons (Fsp3) is 0.667. The predicted octanol–water partition coefficient (Wildman–Crippen LogP) is 2.13. The molecule has 0 fully saturated rings. The van der Waals surface area contributed by atoms with Crippen molar-refractivity contribution in [1.82, 2.24) is 0 Å². The molecule has 48 valence electrons. The normalized spacial score (nSPS) is 12.2. The minimum atomic E-state index is -0.426. The Morgan fingerprint density at radius 2 is 1.00 bits per heavy atom. The van der Waals surface area contributed by atoms with Crippen LogP contribution in [0, 0.1) is 0 Å². The molecule has 0 saturated carbocycles. The van der Waals surface area contributed by atoms with Gasteiger partial charge in [-0.2, -0.15) is 0 Å². The van der Waals surface area contributed by atoms with E-state index in [0.717, 1.165) is 0 Å². The van der Waals surface area contributed by atoms with Crippen LogP contribution >= 0.6 is 0 Å². The zero-order valence-electron chi connectivity index (χ0n) is 6.05. The van der Waals surface area contributed by atoms with Gasteiger partial charge in [0.15, 0.2) is 0 Å². The van der Waals surface area contributed by atoms with Crippen molar-refractivity contribution in [3.8, 4) is 0 Å². The second kappa shape index (κ2) is 4.71. The van der Waals surface area contributed by atoms with Crippen LogP contribution in [-0.2, 0) is 0 Å². The summed E-state index contributed by atoms with van der Waals surface area (Å²) in [6.45, 7) is 0.